The second-order valence-electron chi connectivity index (χ2n) is 5.53. The van der Waals surface area contributed by atoms with Crippen LogP contribution in [0.2, 0.25) is 5.02 Å². The average molecular weight is 316 g/mol. The van der Waals surface area contributed by atoms with Crippen molar-refractivity contribution in [2.75, 3.05) is 11.9 Å². The molecule has 1 aliphatic heterocycles. The Bertz CT molecular complexity index is 765. The van der Waals surface area contributed by atoms with Gasteiger partial charge in [-0.2, -0.15) is 5.26 Å². The summed E-state index contributed by atoms with van der Waals surface area (Å²) in [6.45, 7) is 1.70. The lowest BCUT2D eigenvalue weighted by Crippen LogP contribution is -2.44. The van der Waals surface area contributed by atoms with E-state index in [0.29, 0.717) is 23.2 Å². The van der Waals surface area contributed by atoms with Gasteiger partial charge in [0, 0.05) is 7.05 Å². The van der Waals surface area contributed by atoms with Gasteiger partial charge in [0.05, 0.1) is 16.3 Å². The molecule has 3 rings (SSSR count). The first-order chi connectivity index (χ1) is 10.4. The van der Waals surface area contributed by atoms with Gasteiger partial charge in [-0.25, -0.2) is 9.69 Å². The maximum Gasteiger partial charge on any atom is 0.332 e. The second-order valence-corrected chi connectivity index (χ2v) is 5.91. The van der Waals surface area contributed by atoms with Crippen molar-refractivity contribution >= 4 is 29.2 Å². The predicted octanol–water partition coefficient (Wildman–Crippen LogP) is 3.01. The minimum atomic E-state index is -0.885. The Balaban J connectivity index is 2.12. The number of amides is 3. The van der Waals surface area contributed by atoms with Gasteiger partial charge in [-0.3, -0.25) is 4.79 Å². The molecule has 1 heterocycles. The fraction of sp³-hybridized carbons (Fsp3) is 0.312. The molecule has 3 amide bonds. The molecule has 0 unspecified atom stereocenters. The van der Waals surface area contributed by atoms with Crippen LogP contribution in [-0.2, 0) is 4.79 Å². The number of allylic oxidation sites excluding steroid dienone is 1. The first-order valence-electron chi connectivity index (χ1n) is 6.93. The van der Waals surface area contributed by atoms with Crippen LogP contribution in [0, 0.1) is 18.3 Å². The zero-order chi connectivity index (χ0) is 16.1. The Morgan fingerprint density at radius 2 is 2.09 bits per heavy atom. The van der Waals surface area contributed by atoms with E-state index in [1.54, 1.807) is 26.1 Å². The van der Waals surface area contributed by atoms with E-state index in [2.05, 4.69) is 0 Å². The normalized spacial score (nSPS) is 23.7. The number of nitriles is 1. The lowest BCUT2D eigenvalue weighted by Gasteiger charge is -2.25. The summed E-state index contributed by atoms with van der Waals surface area (Å²) in [5.74, 6) is -0.266. The Kier molecular flexibility index (Phi) is 3.22. The lowest BCUT2D eigenvalue weighted by atomic mass is 9.97. The maximum absolute atomic E-state index is 12.9. The van der Waals surface area contributed by atoms with Crippen LogP contribution < -0.4 is 4.90 Å². The predicted molar refractivity (Wildman–Crippen MR) is 82.7 cm³/mol. The van der Waals surface area contributed by atoms with Crippen LogP contribution >= 0.6 is 11.6 Å². The van der Waals surface area contributed by atoms with Crippen molar-refractivity contribution < 1.29 is 9.59 Å². The van der Waals surface area contributed by atoms with Crippen LogP contribution in [0.3, 0.4) is 0 Å². The van der Waals surface area contributed by atoms with Crippen molar-refractivity contribution in [1.82, 2.24) is 4.90 Å². The van der Waals surface area contributed by atoms with E-state index in [4.69, 9.17) is 16.9 Å². The van der Waals surface area contributed by atoms with Crippen molar-refractivity contribution in [3.8, 4) is 6.07 Å². The number of hydrogen-bond acceptors (Lipinski definition) is 3. The summed E-state index contributed by atoms with van der Waals surface area (Å²) in [5, 5.41) is 9.28. The number of nitrogens with zero attached hydrogens (tertiary/aromatic N) is 3. The van der Waals surface area contributed by atoms with Gasteiger partial charge in [0.2, 0.25) is 0 Å². The Labute approximate surface area is 133 Å². The lowest BCUT2D eigenvalue weighted by molar-refractivity contribution is -0.122. The minimum Gasteiger partial charge on any atom is -0.309 e. The highest BCUT2D eigenvalue weighted by Gasteiger charge is 2.55. The monoisotopic (exact) mass is 315 g/mol. The molecule has 112 valence electrons. The number of likely N-dealkylation sites (N-methyl/N-ethyl adjacent to an activating group) is 1. The van der Waals surface area contributed by atoms with E-state index in [9.17, 15) is 9.59 Å². The number of hydrogen-bond donors (Lipinski definition) is 0. The first kappa shape index (κ1) is 14.6. The third-order valence-corrected chi connectivity index (χ3v) is 4.94. The zero-order valence-corrected chi connectivity index (χ0v) is 13.0. The maximum atomic E-state index is 12.9. The summed E-state index contributed by atoms with van der Waals surface area (Å²) in [5.41, 5.74) is 0.424. The number of urea groups is 1. The van der Waals surface area contributed by atoms with Gasteiger partial charge in [0.15, 0.2) is 0 Å². The molecule has 0 saturated carbocycles. The molecule has 1 spiro atoms. The molecule has 0 aromatic heterocycles. The molecule has 1 atom stereocenters. The summed E-state index contributed by atoms with van der Waals surface area (Å²) in [6, 6.07) is 4.74. The number of anilines is 1. The van der Waals surface area contributed by atoms with Crippen molar-refractivity contribution in [2.24, 2.45) is 0 Å². The van der Waals surface area contributed by atoms with Crippen LogP contribution in [0.5, 0.6) is 0 Å². The number of rotatable bonds is 1. The quantitative estimate of drug-likeness (QED) is 0.591. The molecule has 5 nitrogen and oxygen atoms in total. The van der Waals surface area contributed by atoms with E-state index in [0.717, 1.165) is 11.3 Å². The minimum absolute atomic E-state index is 0.266. The van der Waals surface area contributed by atoms with E-state index in [1.165, 1.54) is 11.0 Å². The van der Waals surface area contributed by atoms with Gasteiger partial charge >= 0.3 is 6.03 Å². The molecule has 1 aliphatic carbocycles. The highest BCUT2D eigenvalue weighted by molar-refractivity contribution is 6.33. The topological polar surface area (TPSA) is 64.4 Å². The molecule has 2 aliphatic rings. The number of halogens is 1. The molecule has 0 radical (unpaired) electrons. The molecular formula is C16H14ClN3O2. The summed E-state index contributed by atoms with van der Waals surface area (Å²) >= 11 is 6.16. The van der Waals surface area contributed by atoms with E-state index < -0.39 is 5.54 Å². The Morgan fingerprint density at radius 3 is 2.68 bits per heavy atom. The van der Waals surface area contributed by atoms with Gasteiger partial charge in [-0.15, -0.1) is 0 Å². The largest absolute Gasteiger partial charge is 0.332 e. The SMILES string of the molecule is Cc1c(N2C(=O)N(C)[C@]3(C=CCC3)C2=O)ccc(C#N)c1Cl. The number of carbonyl (C=O) groups is 2. The highest BCUT2D eigenvalue weighted by Crippen LogP contribution is 2.40. The molecule has 1 saturated heterocycles. The Morgan fingerprint density at radius 1 is 1.36 bits per heavy atom. The van der Waals surface area contributed by atoms with E-state index in [-0.39, 0.29) is 17.0 Å². The Hall–Kier alpha value is -2.32. The average Bonchev–Trinajstić information content (AvgIpc) is 3.06. The molecule has 0 N–H and O–H groups in total. The third-order valence-electron chi connectivity index (χ3n) is 4.46. The van der Waals surface area contributed by atoms with E-state index in [1.807, 2.05) is 12.1 Å². The molecular weight excluding hydrogens is 302 g/mol. The van der Waals surface area contributed by atoms with Gasteiger partial charge in [0.25, 0.3) is 5.91 Å². The van der Waals surface area contributed by atoms with Crippen LogP contribution in [0.4, 0.5) is 10.5 Å². The fourth-order valence-electron chi connectivity index (χ4n) is 3.08. The van der Waals surface area contributed by atoms with E-state index >= 15 is 0 Å². The van der Waals surface area contributed by atoms with Gasteiger partial charge in [-0.05, 0) is 37.5 Å². The van der Waals surface area contributed by atoms with Gasteiger partial charge in [0.1, 0.15) is 11.6 Å². The highest BCUT2D eigenvalue weighted by atomic mass is 35.5. The second kappa shape index (κ2) is 4.85. The van der Waals surface area contributed by atoms with Crippen molar-refractivity contribution in [3.05, 3.63) is 40.4 Å². The zero-order valence-electron chi connectivity index (χ0n) is 12.3. The standard InChI is InChI=1S/C16H14ClN3O2/c1-10-12(6-5-11(9-18)13(10)17)20-14(21)16(7-3-4-8-16)19(2)15(20)22/h3,5-7H,4,8H2,1-2H3/t16-/m0/s1. The summed E-state index contributed by atoms with van der Waals surface area (Å²) in [4.78, 5) is 28.1. The van der Waals surface area contributed by atoms with Crippen LogP contribution in [0.15, 0.2) is 24.3 Å². The molecule has 22 heavy (non-hydrogen) atoms. The third kappa shape index (κ3) is 1.71. The summed E-state index contributed by atoms with van der Waals surface area (Å²) < 4.78 is 0. The van der Waals surface area contributed by atoms with Crippen LogP contribution in [0.25, 0.3) is 0 Å². The summed E-state index contributed by atoms with van der Waals surface area (Å²) in [7, 11) is 1.64. The number of carbonyl (C=O) groups excluding carboxylic acids is 2. The van der Waals surface area contributed by atoms with Crippen molar-refractivity contribution in [3.63, 3.8) is 0 Å². The molecule has 1 aromatic carbocycles. The van der Waals surface area contributed by atoms with Crippen LogP contribution in [-0.4, -0.2) is 29.4 Å². The summed E-state index contributed by atoms with van der Waals surface area (Å²) in [6.07, 6.45) is 5.08. The van der Waals surface area contributed by atoms with Gasteiger partial charge in [-0.1, -0.05) is 23.8 Å². The fourth-order valence-corrected chi connectivity index (χ4v) is 3.29. The molecule has 1 fully saturated rings. The molecule has 0 bridgehead atoms. The number of imide groups is 1. The number of benzene rings is 1. The molecule has 6 heteroatoms. The van der Waals surface area contributed by atoms with Crippen molar-refractivity contribution in [2.45, 2.75) is 25.3 Å². The smallest absolute Gasteiger partial charge is 0.309 e. The van der Waals surface area contributed by atoms with Gasteiger partial charge < -0.3 is 4.90 Å². The first-order valence-corrected chi connectivity index (χ1v) is 7.31. The molecule has 1 aromatic rings. The van der Waals surface area contributed by atoms with Crippen molar-refractivity contribution in [1.29, 1.82) is 5.26 Å². The van der Waals surface area contributed by atoms with Crippen LogP contribution in [0.1, 0.15) is 24.0 Å².